The molecule has 11 heteroatoms. The molecule has 2 atom stereocenters. The van der Waals surface area contributed by atoms with Gasteiger partial charge in [0.1, 0.15) is 0 Å². The molecule has 2 N–H and O–H groups in total. The number of amides is 1. The topological polar surface area (TPSA) is 114 Å². The maximum atomic E-state index is 12.7. The second-order valence-corrected chi connectivity index (χ2v) is 10.5. The number of rotatable bonds is 6. The van der Waals surface area contributed by atoms with Crippen molar-refractivity contribution in [2.75, 3.05) is 10.0 Å². The van der Waals surface area contributed by atoms with Crippen molar-refractivity contribution in [1.29, 1.82) is 0 Å². The van der Waals surface area contributed by atoms with Gasteiger partial charge in [-0.15, -0.1) is 11.3 Å². The quantitative estimate of drug-likeness (QED) is 0.421. The first-order valence-electron chi connectivity index (χ1n) is 9.64. The van der Waals surface area contributed by atoms with Crippen molar-refractivity contribution in [2.24, 2.45) is 5.92 Å². The minimum Gasteiger partial charge on any atom is -0.317 e. The molecule has 1 aromatic carbocycles. The van der Waals surface area contributed by atoms with Crippen LogP contribution in [0.4, 0.5) is 10.9 Å². The number of thiophene rings is 1. The van der Waals surface area contributed by atoms with Crippen molar-refractivity contribution in [3.8, 4) is 0 Å². The number of fused-ring (bicyclic) bond motifs is 1. The Morgan fingerprint density at radius 1 is 1.12 bits per heavy atom. The van der Waals surface area contributed by atoms with Crippen LogP contribution < -0.4 is 10.0 Å². The molecule has 0 aliphatic heterocycles. The number of hydrogen-bond acceptors (Lipinski definition) is 7. The first-order chi connectivity index (χ1) is 15.4. The summed E-state index contributed by atoms with van der Waals surface area (Å²) in [5, 5.41) is 5.09. The molecule has 32 heavy (non-hydrogen) atoms. The lowest BCUT2D eigenvalue weighted by molar-refractivity contribution is -0.117. The number of carbonyl (C=O) groups excluding carboxylic acids is 1. The molecular weight excluding hydrogens is 470 g/mol. The Balaban J connectivity index is 1.24. The van der Waals surface area contributed by atoms with Gasteiger partial charge in [0.2, 0.25) is 11.9 Å². The minimum atomic E-state index is -3.79. The van der Waals surface area contributed by atoms with Crippen molar-refractivity contribution in [3.63, 3.8) is 0 Å². The minimum absolute atomic E-state index is 0.00816. The van der Waals surface area contributed by atoms with E-state index in [9.17, 15) is 13.2 Å². The largest absolute Gasteiger partial charge is 0.317 e. The summed E-state index contributed by atoms with van der Waals surface area (Å²) in [6.07, 6.45) is 6.91. The maximum Gasteiger partial charge on any atom is 0.264 e. The maximum absolute atomic E-state index is 12.7. The van der Waals surface area contributed by atoms with Crippen LogP contribution in [-0.2, 0) is 14.8 Å². The highest BCUT2D eigenvalue weighted by molar-refractivity contribution is 7.92. The van der Waals surface area contributed by atoms with E-state index in [-0.39, 0.29) is 28.6 Å². The summed E-state index contributed by atoms with van der Waals surface area (Å²) < 4.78 is 28.3. The summed E-state index contributed by atoms with van der Waals surface area (Å²) in [4.78, 5) is 24.6. The number of pyridine rings is 1. The highest BCUT2D eigenvalue weighted by Gasteiger charge is 2.44. The lowest BCUT2D eigenvalue weighted by Gasteiger charge is -2.07. The average molecular weight is 486 g/mol. The van der Waals surface area contributed by atoms with Gasteiger partial charge >= 0.3 is 0 Å². The van der Waals surface area contributed by atoms with E-state index in [2.05, 4.69) is 25.0 Å². The number of benzene rings is 1. The first kappa shape index (κ1) is 20.8. The lowest BCUT2D eigenvalue weighted by atomic mass is 10.1. The Hall–Kier alpha value is -3.08. The number of halogens is 1. The molecule has 0 bridgehead atoms. The summed E-state index contributed by atoms with van der Waals surface area (Å²) in [5.41, 5.74) is 0.920. The van der Waals surface area contributed by atoms with Crippen LogP contribution in [0.3, 0.4) is 0 Å². The normalized spacial score (nSPS) is 17.8. The van der Waals surface area contributed by atoms with E-state index >= 15 is 0 Å². The molecule has 0 unspecified atom stereocenters. The van der Waals surface area contributed by atoms with Gasteiger partial charge in [-0.2, -0.15) is 0 Å². The zero-order valence-corrected chi connectivity index (χ0v) is 18.8. The Morgan fingerprint density at radius 3 is 2.59 bits per heavy atom. The van der Waals surface area contributed by atoms with Crippen LogP contribution in [0, 0.1) is 5.92 Å². The summed E-state index contributed by atoms with van der Waals surface area (Å²) in [7, 11) is -3.79. The summed E-state index contributed by atoms with van der Waals surface area (Å²) >= 11 is 7.58. The Labute approximate surface area is 192 Å². The Morgan fingerprint density at radius 2 is 1.88 bits per heavy atom. The van der Waals surface area contributed by atoms with Gasteiger partial charge in [-0.3, -0.25) is 9.78 Å². The van der Waals surface area contributed by atoms with E-state index < -0.39 is 10.0 Å². The van der Waals surface area contributed by atoms with Crippen LogP contribution in [0.2, 0.25) is 5.02 Å². The number of nitrogens with one attached hydrogen (secondary N) is 2. The van der Waals surface area contributed by atoms with E-state index in [1.165, 1.54) is 35.9 Å². The summed E-state index contributed by atoms with van der Waals surface area (Å²) in [6, 6.07) is 9.97. The second kappa shape index (κ2) is 8.12. The van der Waals surface area contributed by atoms with Gasteiger partial charge in [0.15, 0.2) is 0 Å². The van der Waals surface area contributed by atoms with Gasteiger partial charge in [0.25, 0.3) is 10.0 Å². The van der Waals surface area contributed by atoms with Gasteiger partial charge in [-0.25, -0.2) is 23.1 Å². The molecule has 5 rings (SSSR count). The van der Waals surface area contributed by atoms with Crippen LogP contribution in [0.25, 0.3) is 10.1 Å². The predicted octanol–water partition coefficient (Wildman–Crippen LogP) is 4.28. The predicted molar refractivity (Wildman–Crippen MR) is 123 cm³/mol. The van der Waals surface area contributed by atoms with E-state index in [0.717, 1.165) is 20.7 Å². The fourth-order valence-electron chi connectivity index (χ4n) is 3.48. The van der Waals surface area contributed by atoms with Gasteiger partial charge < -0.3 is 5.32 Å². The number of sulfonamides is 1. The summed E-state index contributed by atoms with van der Waals surface area (Å²) in [5.74, 6) is -0.164. The highest BCUT2D eigenvalue weighted by atomic mass is 35.5. The average Bonchev–Trinajstić information content (AvgIpc) is 3.48. The first-order valence-corrected chi connectivity index (χ1v) is 12.3. The molecule has 1 aliphatic carbocycles. The second-order valence-electron chi connectivity index (χ2n) is 7.33. The number of carbonyl (C=O) groups is 1. The third-order valence-corrected chi connectivity index (χ3v) is 7.81. The number of aromatic nitrogens is 3. The zero-order valence-electron chi connectivity index (χ0n) is 16.4. The molecule has 162 valence electrons. The van der Waals surface area contributed by atoms with Crippen molar-refractivity contribution in [3.05, 3.63) is 71.8 Å². The number of hydrogen-bond donors (Lipinski definition) is 2. The number of anilines is 2. The monoisotopic (exact) mass is 485 g/mol. The van der Waals surface area contributed by atoms with Gasteiger partial charge in [-0.05, 0) is 42.2 Å². The van der Waals surface area contributed by atoms with Crippen molar-refractivity contribution < 1.29 is 13.2 Å². The molecule has 8 nitrogen and oxygen atoms in total. The molecule has 3 aromatic heterocycles. The van der Waals surface area contributed by atoms with Crippen molar-refractivity contribution >= 4 is 59.9 Å². The number of nitrogens with zero attached hydrogens (tertiary/aromatic N) is 3. The van der Waals surface area contributed by atoms with Crippen LogP contribution in [-0.4, -0.2) is 29.3 Å². The summed E-state index contributed by atoms with van der Waals surface area (Å²) in [6.45, 7) is 0. The van der Waals surface area contributed by atoms with E-state index in [0.29, 0.717) is 11.4 Å². The molecule has 1 amide bonds. The highest BCUT2D eigenvalue weighted by Crippen LogP contribution is 2.48. The Bertz CT molecular complexity index is 1410. The third kappa shape index (κ3) is 4.16. The molecule has 0 radical (unpaired) electrons. The van der Waals surface area contributed by atoms with Crippen LogP contribution in [0.1, 0.15) is 17.9 Å². The van der Waals surface area contributed by atoms with E-state index in [1.807, 2.05) is 6.07 Å². The third-order valence-electron chi connectivity index (χ3n) is 5.18. The van der Waals surface area contributed by atoms with E-state index in [4.69, 9.17) is 11.6 Å². The molecule has 1 aliphatic rings. The molecule has 0 saturated heterocycles. The van der Waals surface area contributed by atoms with E-state index in [1.54, 1.807) is 30.6 Å². The molecule has 1 saturated carbocycles. The fourth-order valence-corrected chi connectivity index (χ4v) is 5.67. The van der Waals surface area contributed by atoms with Gasteiger partial charge in [0.05, 0.1) is 19.6 Å². The molecular formula is C21H16ClN5O3S2. The van der Waals surface area contributed by atoms with Gasteiger partial charge in [-0.1, -0.05) is 23.7 Å². The van der Waals surface area contributed by atoms with Crippen LogP contribution in [0.5, 0.6) is 0 Å². The van der Waals surface area contributed by atoms with Crippen molar-refractivity contribution in [1.82, 2.24) is 15.0 Å². The zero-order chi connectivity index (χ0) is 22.3. The Kier molecular flexibility index (Phi) is 5.28. The lowest BCUT2D eigenvalue weighted by Crippen LogP contribution is -2.15. The smallest absolute Gasteiger partial charge is 0.264 e. The standard InChI is InChI=1S/C21H16ClN5O3S2/c22-17-10-23-11-18-16(17)9-19(31-18)26-20(28)15-8-14(15)12-2-4-13(5-3-12)32(29,30)27-21-24-6-1-7-25-21/h1-7,9-11,14-15H,8H2,(H,26,28)(H,24,25,27)/t14-,15+/m0/s1. The molecule has 3 heterocycles. The molecule has 1 fully saturated rings. The SMILES string of the molecule is O=C(Nc1cc2c(Cl)cncc2s1)[C@@H]1C[C@H]1c1ccc(S(=O)(=O)Nc2ncccn2)cc1. The molecule has 0 spiro atoms. The van der Waals surface area contributed by atoms with Crippen molar-refractivity contribution in [2.45, 2.75) is 17.2 Å². The van der Waals surface area contributed by atoms with Gasteiger partial charge in [0, 0.05) is 36.1 Å². The fraction of sp³-hybridized carbons (Fsp3) is 0.143. The van der Waals surface area contributed by atoms with Crippen LogP contribution in [0.15, 0.2) is 66.1 Å². The molecule has 4 aromatic rings. The van der Waals surface area contributed by atoms with Crippen LogP contribution >= 0.6 is 22.9 Å².